The fraction of sp³-hybridized carbons (Fsp3) is 0.588. The summed E-state index contributed by atoms with van der Waals surface area (Å²) < 4.78 is 2.06. The number of nitrogens with one attached hydrogen (secondary N) is 2. The van der Waals surface area contributed by atoms with Crippen LogP contribution < -0.4 is 10.6 Å². The normalized spacial score (nSPS) is 18.2. The Labute approximate surface area is 146 Å². The number of anilines is 1. The van der Waals surface area contributed by atoms with Gasteiger partial charge in [-0.15, -0.1) is 11.3 Å². The van der Waals surface area contributed by atoms with Crippen molar-refractivity contribution in [1.82, 2.24) is 20.1 Å². The summed E-state index contributed by atoms with van der Waals surface area (Å²) in [6.45, 7) is 8.87. The van der Waals surface area contributed by atoms with Gasteiger partial charge in [-0.1, -0.05) is 0 Å². The van der Waals surface area contributed by atoms with E-state index < -0.39 is 0 Å². The molecule has 0 aromatic carbocycles. The number of aryl methyl sites for hydroxylation is 3. The Morgan fingerprint density at radius 2 is 2.29 bits per heavy atom. The van der Waals surface area contributed by atoms with Crippen molar-refractivity contribution in [3.8, 4) is 0 Å². The minimum Gasteiger partial charge on any atom is -0.301 e. The molecule has 2 aromatic rings. The second-order valence-corrected chi connectivity index (χ2v) is 7.55. The van der Waals surface area contributed by atoms with Gasteiger partial charge in [0.2, 0.25) is 5.91 Å². The molecule has 2 heterocycles. The van der Waals surface area contributed by atoms with Crippen LogP contribution in [0.1, 0.15) is 54.6 Å². The lowest BCUT2D eigenvalue weighted by atomic mass is 9.92. The number of amides is 1. The molecule has 0 saturated carbocycles. The van der Waals surface area contributed by atoms with E-state index in [2.05, 4.69) is 32.3 Å². The highest BCUT2D eigenvalue weighted by Crippen LogP contribution is 2.30. The quantitative estimate of drug-likeness (QED) is 0.872. The molecular formula is C17H25N5OS. The number of thiazole rings is 1. The number of carbonyl (C=O) groups excluding carboxylic acids is 1. The molecule has 0 fully saturated rings. The summed E-state index contributed by atoms with van der Waals surface area (Å²) in [7, 11) is 0. The predicted molar refractivity (Wildman–Crippen MR) is 96.4 cm³/mol. The lowest BCUT2D eigenvalue weighted by Gasteiger charge is -2.26. The zero-order valence-electron chi connectivity index (χ0n) is 14.7. The van der Waals surface area contributed by atoms with Gasteiger partial charge in [-0.25, -0.2) is 4.98 Å². The fourth-order valence-electron chi connectivity index (χ4n) is 3.18. The molecule has 0 bridgehead atoms. The van der Waals surface area contributed by atoms with Gasteiger partial charge in [0, 0.05) is 28.7 Å². The number of nitrogens with zero attached hydrogens (tertiary/aromatic N) is 3. The van der Waals surface area contributed by atoms with Crippen LogP contribution in [0.5, 0.6) is 0 Å². The number of hydrogen-bond acceptors (Lipinski definition) is 5. The molecule has 1 amide bonds. The molecule has 1 aliphatic rings. The molecule has 1 aliphatic carbocycles. The second kappa shape index (κ2) is 7.03. The van der Waals surface area contributed by atoms with E-state index in [9.17, 15) is 4.79 Å². The Bertz CT molecular complexity index is 716. The standard InChI is InChI=1S/C17H25N5OS/c1-5-22-15-8-6-7-14(13(15)9-18-22)19-11(3)16(23)21-17-20-10(2)12(4)24-17/h9,11,14,19H,5-8H2,1-4H3,(H,20,21,23). The van der Waals surface area contributed by atoms with E-state index in [4.69, 9.17) is 0 Å². The van der Waals surface area contributed by atoms with E-state index in [0.717, 1.165) is 36.4 Å². The van der Waals surface area contributed by atoms with Gasteiger partial charge in [-0.3, -0.25) is 14.8 Å². The Morgan fingerprint density at radius 1 is 1.50 bits per heavy atom. The molecule has 0 saturated heterocycles. The van der Waals surface area contributed by atoms with Gasteiger partial charge in [0.05, 0.1) is 17.9 Å². The molecule has 6 nitrogen and oxygen atoms in total. The van der Waals surface area contributed by atoms with Gasteiger partial charge < -0.3 is 5.32 Å². The third kappa shape index (κ3) is 3.37. The van der Waals surface area contributed by atoms with Crippen LogP contribution in [-0.4, -0.2) is 26.7 Å². The highest BCUT2D eigenvalue weighted by atomic mass is 32.1. The van der Waals surface area contributed by atoms with Crippen molar-refractivity contribution in [1.29, 1.82) is 0 Å². The van der Waals surface area contributed by atoms with Gasteiger partial charge >= 0.3 is 0 Å². The van der Waals surface area contributed by atoms with Crippen LogP contribution in [0.2, 0.25) is 0 Å². The molecule has 0 radical (unpaired) electrons. The van der Waals surface area contributed by atoms with Crippen molar-refractivity contribution in [3.05, 3.63) is 28.0 Å². The van der Waals surface area contributed by atoms with Crippen LogP contribution in [0.25, 0.3) is 0 Å². The summed E-state index contributed by atoms with van der Waals surface area (Å²) in [5.74, 6) is -0.0428. The number of aromatic nitrogens is 3. The maximum absolute atomic E-state index is 12.5. The number of carbonyl (C=O) groups is 1. The van der Waals surface area contributed by atoms with Crippen LogP contribution >= 0.6 is 11.3 Å². The molecule has 2 N–H and O–H groups in total. The average Bonchev–Trinajstić information content (AvgIpc) is 3.11. The van der Waals surface area contributed by atoms with Gasteiger partial charge in [0.25, 0.3) is 0 Å². The smallest absolute Gasteiger partial charge is 0.243 e. The molecule has 24 heavy (non-hydrogen) atoms. The fourth-order valence-corrected chi connectivity index (χ4v) is 4.00. The first-order chi connectivity index (χ1) is 11.5. The van der Waals surface area contributed by atoms with E-state index in [1.165, 1.54) is 22.6 Å². The Morgan fingerprint density at radius 3 is 2.96 bits per heavy atom. The summed E-state index contributed by atoms with van der Waals surface area (Å²) in [5, 5.41) is 11.5. The van der Waals surface area contributed by atoms with Crippen molar-refractivity contribution in [3.63, 3.8) is 0 Å². The maximum Gasteiger partial charge on any atom is 0.243 e. The number of fused-ring (bicyclic) bond motifs is 1. The minimum absolute atomic E-state index is 0.0428. The molecule has 2 atom stereocenters. The summed E-state index contributed by atoms with van der Waals surface area (Å²) in [5.41, 5.74) is 3.52. The molecule has 0 spiro atoms. The maximum atomic E-state index is 12.5. The highest BCUT2D eigenvalue weighted by molar-refractivity contribution is 7.15. The molecule has 7 heteroatoms. The van der Waals surface area contributed by atoms with Crippen molar-refractivity contribution in [2.45, 2.75) is 65.6 Å². The van der Waals surface area contributed by atoms with Crippen molar-refractivity contribution in [2.24, 2.45) is 0 Å². The number of rotatable bonds is 5. The first-order valence-electron chi connectivity index (χ1n) is 8.55. The van der Waals surface area contributed by atoms with Gasteiger partial charge in [0.1, 0.15) is 0 Å². The largest absolute Gasteiger partial charge is 0.301 e. The van der Waals surface area contributed by atoms with Crippen molar-refractivity contribution in [2.75, 3.05) is 5.32 Å². The van der Waals surface area contributed by atoms with Crippen LogP contribution in [0.15, 0.2) is 6.20 Å². The van der Waals surface area contributed by atoms with Crippen molar-refractivity contribution >= 4 is 22.4 Å². The van der Waals surface area contributed by atoms with Gasteiger partial charge in [-0.2, -0.15) is 5.10 Å². The summed E-state index contributed by atoms with van der Waals surface area (Å²) >= 11 is 1.52. The lowest BCUT2D eigenvalue weighted by Crippen LogP contribution is -2.41. The first kappa shape index (κ1) is 17.1. The second-order valence-electron chi connectivity index (χ2n) is 6.35. The SMILES string of the molecule is CCn1ncc2c1CCCC2NC(C)C(=O)Nc1nc(C)c(C)s1. The van der Waals surface area contributed by atoms with E-state index in [1.54, 1.807) is 0 Å². The third-order valence-electron chi connectivity index (χ3n) is 4.67. The first-order valence-corrected chi connectivity index (χ1v) is 9.36. The van der Waals surface area contributed by atoms with Crippen molar-refractivity contribution < 1.29 is 4.79 Å². The van der Waals surface area contributed by atoms with Crippen LogP contribution in [0, 0.1) is 13.8 Å². The zero-order chi connectivity index (χ0) is 17.3. The topological polar surface area (TPSA) is 71.8 Å². The lowest BCUT2D eigenvalue weighted by molar-refractivity contribution is -0.118. The zero-order valence-corrected chi connectivity index (χ0v) is 15.5. The van der Waals surface area contributed by atoms with Gasteiger partial charge in [0.15, 0.2) is 5.13 Å². The monoisotopic (exact) mass is 347 g/mol. The number of hydrogen-bond donors (Lipinski definition) is 2. The summed E-state index contributed by atoms with van der Waals surface area (Å²) in [6, 6.07) is -0.0926. The van der Waals surface area contributed by atoms with Crippen LogP contribution in [-0.2, 0) is 17.8 Å². The van der Waals surface area contributed by atoms with Gasteiger partial charge in [-0.05, 0) is 47.0 Å². The van der Waals surface area contributed by atoms with E-state index >= 15 is 0 Å². The molecule has 3 rings (SSSR count). The average molecular weight is 347 g/mol. The Kier molecular flexibility index (Phi) is 5.01. The van der Waals surface area contributed by atoms with Crippen LogP contribution in [0.3, 0.4) is 0 Å². The molecule has 130 valence electrons. The van der Waals surface area contributed by atoms with E-state index in [1.807, 2.05) is 27.0 Å². The molecule has 2 unspecified atom stereocenters. The molecule has 2 aromatic heterocycles. The Hall–Kier alpha value is -1.73. The molecule has 0 aliphatic heterocycles. The minimum atomic E-state index is -0.282. The highest BCUT2D eigenvalue weighted by Gasteiger charge is 2.27. The van der Waals surface area contributed by atoms with E-state index in [-0.39, 0.29) is 18.0 Å². The Balaban J connectivity index is 1.65. The predicted octanol–water partition coefficient (Wildman–Crippen LogP) is 2.97. The summed E-state index contributed by atoms with van der Waals surface area (Å²) in [4.78, 5) is 18.0. The van der Waals surface area contributed by atoms with Crippen LogP contribution in [0.4, 0.5) is 5.13 Å². The summed E-state index contributed by atoms with van der Waals surface area (Å²) in [6.07, 6.45) is 5.18. The molecular weight excluding hydrogens is 322 g/mol. The third-order valence-corrected chi connectivity index (χ3v) is 5.65. The van der Waals surface area contributed by atoms with E-state index in [0.29, 0.717) is 5.13 Å².